The molecule has 1 aromatic heterocycles. The van der Waals surface area contributed by atoms with Crippen LogP contribution in [-0.4, -0.2) is 72.4 Å². The summed E-state index contributed by atoms with van der Waals surface area (Å²) in [6.07, 6.45) is 2.22. The number of ether oxygens (including phenoxy) is 2. The Morgan fingerprint density at radius 1 is 1.11 bits per heavy atom. The number of carbonyl (C=O) groups is 2. The Bertz CT molecular complexity index is 1100. The van der Waals surface area contributed by atoms with Gasteiger partial charge in [0.15, 0.2) is 6.61 Å². The van der Waals surface area contributed by atoms with Gasteiger partial charge in [-0.15, -0.1) is 0 Å². The molecule has 2 aromatic rings. The summed E-state index contributed by atoms with van der Waals surface area (Å²) in [5.41, 5.74) is 3.36. The second-order valence-electron chi connectivity index (χ2n) is 8.68. The van der Waals surface area contributed by atoms with Gasteiger partial charge in [0.05, 0.1) is 5.69 Å². The summed E-state index contributed by atoms with van der Waals surface area (Å²) in [5.74, 6) is -1.72. The lowest BCUT2D eigenvalue weighted by atomic mass is 10.0. The molecule has 0 saturated carbocycles. The minimum Gasteiger partial charge on any atom is -0.482 e. The molecule has 1 saturated heterocycles. The molecule has 1 aliphatic heterocycles. The van der Waals surface area contributed by atoms with Crippen LogP contribution in [0.3, 0.4) is 0 Å². The van der Waals surface area contributed by atoms with E-state index in [1.165, 1.54) is 0 Å². The van der Waals surface area contributed by atoms with E-state index in [-0.39, 0.29) is 12.4 Å². The number of carboxylic acid groups (broad SMARTS) is 1. The third kappa shape index (κ3) is 9.09. The van der Waals surface area contributed by atoms with Crippen LogP contribution < -0.4 is 9.64 Å². The molecule has 8 nitrogen and oxygen atoms in total. The van der Waals surface area contributed by atoms with E-state index >= 15 is 0 Å². The van der Waals surface area contributed by atoms with E-state index in [0.717, 1.165) is 61.3 Å². The smallest absolute Gasteiger partial charge is 0.422 e. The van der Waals surface area contributed by atoms with Crippen LogP contribution in [0.25, 0.3) is 0 Å². The number of hydrogen-bond acceptors (Lipinski definition) is 7. The number of aromatic nitrogens is 1. The van der Waals surface area contributed by atoms with E-state index in [4.69, 9.17) is 14.6 Å². The summed E-state index contributed by atoms with van der Waals surface area (Å²) in [6, 6.07) is 6.78. The number of para-hydroxylation sites is 2. The Morgan fingerprint density at radius 2 is 1.84 bits per heavy atom. The number of aryl methyl sites for hydroxylation is 2. The van der Waals surface area contributed by atoms with E-state index in [2.05, 4.69) is 9.88 Å². The number of halogens is 3. The highest BCUT2D eigenvalue weighted by Gasteiger charge is 2.29. The van der Waals surface area contributed by atoms with Crippen LogP contribution in [0.15, 0.2) is 48.8 Å². The van der Waals surface area contributed by atoms with Crippen molar-refractivity contribution in [3.63, 3.8) is 0 Å². The number of carbonyl (C=O) groups excluding carboxylic acids is 1. The van der Waals surface area contributed by atoms with E-state index < -0.39 is 24.7 Å². The normalized spacial score (nSPS) is 14.6. The maximum Gasteiger partial charge on any atom is 0.422 e. The molecule has 1 fully saturated rings. The molecule has 0 atom stereocenters. The molecule has 1 aromatic carbocycles. The van der Waals surface area contributed by atoms with E-state index in [0.29, 0.717) is 18.8 Å². The molecular weight excluding hydrogens is 491 g/mol. The van der Waals surface area contributed by atoms with E-state index in [1.54, 1.807) is 36.7 Å². The molecule has 0 unspecified atom stereocenters. The molecule has 3 rings (SSSR count). The number of carboxylic acids is 1. The van der Waals surface area contributed by atoms with Crippen molar-refractivity contribution in [2.24, 2.45) is 0 Å². The van der Waals surface area contributed by atoms with Crippen molar-refractivity contribution in [1.29, 1.82) is 0 Å². The first kappa shape index (κ1) is 28.0. The van der Waals surface area contributed by atoms with Crippen LogP contribution in [-0.2, 0) is 27.4 Å². The predicted octanol–water partition coefficient (Wildman–Crippen LogP) is 3.77. The molecule has 37 heavy (non-hydrogen) atoms. The average molecular weight is 522 g/mol. The fraction of sp³-hybridized carbons (Fsp3) is 0.423. The molecule has 0 aliphatic carbocycles. The number of benzene rings is 1. The summed E-state index contributed by atoms with van der Waals surface area (Å²) in [5, 5.41) is 8.62. The lowest BCUT2D eigenvalue weighted by molar-refractivity contribution is -0.153. The zero-order valence-corrected chi connectivity index (χ0v) is 20.5. The Balaban J connectivity index is 1.49. The van der Waals surface area contributed by atoms with Gasteiger partial charge in [-0.3, -0.25) is 9.88 Å². The highest BCUT2D eigenvalue weighted by atomic mass is 19.4. The number of aliphatic carboxylic acids is 1. The minimum atomic E-state index is -4.39. The van der Waals surface area contributed by atoms with Gasteiger partial charge in [0.25, 0.3) is 0 Å². The van der Waals surface area contributed by atoms with Gasteiger partial charge >= 0.3 is 18.1 Å². The zero-order valence-electron chi connectivity index (χ0n) is 20.5. The molecule has 0 spiro atoms. The van der Waals surface area contributed by atoms with Gasteiger partial charge in [-0.2, -0.15) is 13.2 Å². The van der Waals surface area contributed by atoms with Gasteiger partial charge in [-0.05, 0) is 55.1 Å². The van der Waals surface area contributed by atoms with E-state index in [1.807, 2.05) is 11.8 Å². The van der Waals surface area contributed by atoms with Crippen molar-refractivity contribution in [1.82, 2.24) is 9.88 Å². The van der Waals surface area contributed by atoms with Gasteiger partial charge in [0, 0.05) is 50.7 Å². The number of alkyl halides is 3. The second kappa shape index (κ2) is 13.1. The molecule has 11 heteroatoms. The third-order valence-electron chi connectivity index (χ3n) is 5.97. The average Bonchev–Trinajstić information content (AvgIpc) is 2.86. The monoisotopic (exact) mass is 521 g/mol. The number of hydrogen-bond donors (Lipinski definition) is 1. The summed E-state index contributed by atoms with van der Waals surface area (Å²) < 4.78 is 48.0. The molecular formula is C26H30F3N3O5. The maximum atomic E-state index is 12.6. The minimum absolute atomic E-state index is 0.0287. The maximum absolute atomic E-state index is 12.6. The van der Waals surface area contributed by atoms with Gasteiger partial charge in [0.1, 0.15) is 12.4 Å². The van der Waals surface area contributed by atoms with E-state index in [9.17, 15) is 22.8 Å². The fourth-order valence-corrected chi connectivity index (χ4v) is 4.11. The van der Waals surface area contributed by atoms with Gasteiger partial charge < -0.3 is 19.5 Å². The number of piperazine rings is 1. The van der Waals surface area contributed by atoms with Crippen molar-refractivity contribution >= 4 is 17.6 Å². The van der Waals surface area contributed by atoms with Crippen molar-refractivity contribution in [3.8, 4) is 5.75 Å². The Kier molecular flexibility index (Phi) is 9.90. The molecule has 1 aliphatic rings. The molecule has 2 heterocycles. The second-order valence-corrected chi connectivity index (χ2v) is 8.68. The number of anilines is 1. The van der Waals surface area contributed by atoms with Crippen LogP contribution >= 0.6 is 0 Å². The van der Waals surface area contributed by atoms with Crippen molar-refractivity contribution in [2.45, 2.75) is 32.5 Å². The molecule has 0 bridgehead atoms. The molecule has 0 amide bonds. The van der Waals surface area contributed by atoms with Gasteiger partial charge in [-0.1, -0.05) is 12.1 Å². The topological polar surface area (TPSA) is 92.2 Å². The quantitative estimate of drug-likeness (QED) is 0.353. The Labute approximate surface area is 213 Å². The number of pyridine rings is 1. The summed E-state index contributed by atoms with van der Waals surface area (Å²) in [6.45, 7) is 4.28. The van der Waals surface area contributed by atoms with Crippen LogP contribution in [0.5, 0.6) is 5.75 Å². The van der Waals surface area contributed by atoms with Crippen molar-refractivity contribution in [3.05, 3.63) is 65.5 Å². The van der Waals surface area contributed by atoms with Gasteiger partial charge in [0.2, 0.25) is 0 Å². The first-order valence-electron chi connectivity index (χ1n) is 11.9. The van der Waals surface area contributed by atoms with Crippen molar-refractivity contribution in [2.75, 3.05) is 44.2 Å². The summed E-state index contributed by atoms with van der Waals surface area (Å²) in [7, 11) is 0. The first-order valence-corrected chi connectivity index (χ1v) is 11.9. The standard InChI is InChI=1S/C26H30F3N3O5/c1-19-15-30-16-20(21(19)17-36-25(35)9-8-24(33)34)5-4-10-31-11-13-32(14-12-31)22-6-2-3-7-23(22)37-18-26(27,28)29/h2-3,6-9,15-16H,4-5,10-14,17-18H2,1H3,(H,33,34)/b9-8+. The molecule has 1 N–H and O–H groups in total. The fourth-order valence-electron chi connectivity index (χ4n) is 4.11. The number of nitrogens with zero attached hydrogens (tertiary/aromatic N) is 3. The zero-order chi connectivity index (χ0) is 26.8. The lowest BCUT2D eigenvalue weighted by Gasteiger charge is -2.36. The number of esters is 1. The van der Waals surface area contributed by atoms with Crippen LogP contribution in [0, 0.1) is 6.92 Å². The predicted molar refractivity (Wildman–Crippen MR) is 131 cm³/mol. The van der Waals surface area contributed by atoms with Crippen LogP contribution in [0.4, 0.5) is 18.9 Å². The number of rotatable bonds is 11. The summed E-state index contributed by atoms with van der Waals surface area (Å²) in [4.78, 5) is 30.9. The van der Waals surface area contributed by atoms with Crippen molar-refractivity contribution < 1.29 is 37.3 Å². The highest BCUT2D eigenvalue weighted by molar-refractivity contribution is 5.90. The Hall–Kier alpha value is -3.60. The molecule has 0 radical (unpaired) electrons. The SMILES string of the molecule is Cc1cncc(CCCN2CCN(c3ccccc3OCC(F)(F)F)CC2)c1COC(=O)/C=C/C(=O)O. The molecule has 200 valence electrons. The lowest BCUT2D eigenvalue weighted by Crippen LogP contribution is -2.46. The van der Waals surface area contributed by atoms with Gasteiger partial charge in [-0.25, -0.2) is 9.59 Å². The largest absolute Gasteiger partial charge is 0.482 e. The first-order chi connectivity index (χ1) is 17.6. The highest BCUT2D eigenvalue weighted by Crippen LogP contribution is 2.30. The third-order valence-corrected chi connectivity index (χ3v) is 5.97. The van der Waals surface area contributed by atoms with Crippen LogP contribution in [0.1, 0.15) is 23.1 Å². The summed E-state index contributed by atoms with van der Waals surface area (Å²) >= 11 is 0. The Morgan fingerprint density at radius 3 is 2.54 bits per heavy atom. The van der Waals surface area contributed by atoms with Crippen LogP contribution in [0.2, 0.25) is 0 Å².